The highest BCUT2D eigenvalue weighted by atomic mass is 31.2. The van der Waals surface area contributed by atoms with E-state index in [4.69, 9.17) is 0 Å². The maximum absolute atomic E-state index is 15.4. The molecule has 1 saturated heterocycles. The Labute approximate surface area is 226 Å². The smallest absolute Gasteiger partial charge is 0.338 e. The van der Waals surface area contributed by atoms with Crippen LogP contribution in [0.5, 0.6) is 0 Å². The Kier molecular flexibility index (Phi) is 8.31. The van der Waals surface area contributed by atoms with Crippen molar-refractivity contribution in [3.63, 3.8) is 0 Å². The second kappa shape index (κ2) is 11.2. The van der Waals surface area contributed by atoms with Crippen LogP contribution >= 0.6 is 6.89 Å². The molecule has 0 bridgehead atoms. The number of hydrogen-bond acceptors (Lipinski definition) is 2. The van der Waals surface area contributed by atoms with Crippen molar-refractivity contribution in [3.8, 4) is 0 Å². The summed E-state index contributed by atoms with van der Waals surface area (Å²) < 4.78 is 99.4. The Morgan fingerprint density at radius 3 is 1.32 bits per heavy atom. The minimum atomic E-state index is -6.75. The summed E-state index contributed by atoms with van der Waals surface area (Å²) in [5, 5.41) is -0.751. The number of benzene rings is 3. The van der Waals surface area contributed by atoms with Gasteiger partial charge < -0.3 is 4.90 Å². The number of amides is 1. The minimum absolute atomic E-state index is 0.0369. The number of nitrogens with zero attached hydrogens (tertiary/aromatic N) is 1. The molecule has 3 nitrogen and oxygen atoms in total. The zero-order valence-electron chi connectivity index (χ0n) is 21.1. The molecule has 0 atom stereocenters. The predicted molar refractivity (Wildman–Crippen MR) is 142 cm³/mol. The molecule has 0 saturated carbocycles. The van der Waals surface area contributed by atoms with E-state index in [9.17, 15) is 31.5 Å². The van der Waals surface area contributed by atoms with Gasteiger partial charge in [-0.1, -0.05) is 91.0 Å². The first kappa shape index (κ1) is 29.6. The van der Waals surface area contributed by atoms with Crippen LogP contribution in [0.2, 0.25) is 0 Å². The van der Waals surface area contributed by atoms with E-state index >= 15 is 8.78 Å². The van der Waals surface area contributed by atoms with E-state index in [0.717, 1.165) is 4.90 Å². The molecule has 0 aliphatic carbocycles. The lowest BCUT2D eigenvalue weighted by atomic mass is 10.0. The highest BCUT2D eigenvalue weighted by Gasteiger charge is 2.77. The number of hydrogen-bond donors (Lipinski definition) is 0. The highest BCUT2D eigenvalue weighted by molar-refractivity contribution is 7.97. The maximum atomic E-state index is 15.4. The van der Waals surface area contributed by atoms with Gasteiger partial charge in [-0.2, -0.15) is 30.7 Å². The molecule has 40 heavy (non-hydrogen) atoms. The molecule has 212 valence electrons. The van der Waals surface area contributed by atoms with Gasteiger partial charge in [-0.25, -0.2) is 0 Å². The SMILES string of the molecule is O=C(C(C(=O)C(F)(F)C(F)(F)C(F)(F)F)=P(c1ccccc1)(c1ccccc1)c1ccccc1)N1CCCCC1. The number of ketones is 1. The van der Waals surface area contributed by atoms with Crippen LogP contribution in [0, 0.1) is 0 Å². The number of carbonyl (C=O) groups excluding carboxylic acids is 2. The quantitative estimate of drug-likeness (QED) is 0.207. The van der Waals surface area contributed by atoms with Gasteiger partial charge >= 0.3 is 18.0 Å². The number of alkyl halides is 7. The summed E-state index contributed by atoms with van der Waals surface area (Å²) in [7, 11) is 0. The number of piperidine rings is 1. The lowest BCUT2D eigenvalue weighted by Crippen LogP contribution is -2.60. The molecule has 0 N–H and O–H groups in total. The summed E-state index contributed by atoms with van der Waals surface area (Å²) in [6.07, 6.45) is -5.14. The number of carbonyl (C=O) groups is 2. The molecular weight excluding hydrogens is 558 g/mol. The van der Waals surface area contributed by atoms with Gasteiger partial charge in [-0.05, 0) is 42.1 Å². The summed E-state index contributed by atoms with van der Waals surface area (Å²) in [6, 6.07) is 22.7. The molecule has 1 heterocycles. The van der Waals surface area contributed by atoms with Crippen LogP contribution < -0.4 is 15.9 Å². The molecule has 0 radical (unpaired) electrons. The van der Waals surface area contributed by atoms with E-state index < -0.39 is 41.9 Å². The third-order valence-corrected chi connectivity index (χ3v) is 11.1. The van der Waals surface area contributed by atoms with Gasteiger partial charge in [0.2, 0.25) is 5.78 Å². The van der Waals surface area contributed by atoms with E-state index in [0.29, 0.717) is 19.3 Å². The van der Waals surface area contributed by atoms with Crippen molar-refractivity contribution in [3.05, 3.63) is 91.0 Å². The highest BCUT2D eigenvalue weighted by Crippen LogP contribution is 2.52. The van der Waals surface area contributed by atoms with Gasteiger partial charge in [0.1, 0.15) is 0 Å². The van der Waals surface area contributed by atoms with Crippen LogP contribution in [0.3, 0.4) is 0 Å². The van der Waals surface area contributed by atoms with E-state index in [2.05, 4.69) is 0 Å². The molecule has 1 fully saturated rings. The number of rotatable bonds is 7. The first-order chi connectivity index (χ1) is 18.9. The monoisotopic (exact) mass is 583 g/mol. The number of Topliss-reactive ketones (excluding diaryl/α,β-unsaturated/α-hetero) is 1. The van der Waals surface area contributed by atoms with Crippen LogP contribution in [0.4, 0.5) is 30.7 Å². The fourth-order valence-electron chi connectivity index (χ4n) is 4.90. The first-order valence-electron chi connectivity index (χ1n) is 12.5. The van der Waals surface area contributed by atoms with Gasteiger partial charge in [-0.3, -0.25) is 9.59 Å². The molecule has 3 aromatic rings. The Balaban J connectivity index is 2.25. The van der Waals surface area contributed by atoms with Crippen molar-refractivity contribution < 1.29 is 40.3 Å². The van der Waals surface area contributed by atoms with Gasteiger partial charge in [0.15, 0.2) is 0 Å². The van der Waals surface area contributed by atoms with Gasteiger partial charge in [0.05, 0.1) is 5.29 Å². The van der Waals surface area contributed by atoms with E-state index in [-0.39, 0.29) is 29.0 Å². The van der Waals surface area contributed by atoms with Crippen LogP contribution in [0.25, 0.3) is 0 Å². The zero-order valence-corrected chi connectivity index (χ0v) is 21.9. The van der Waals surface area contributed by atoms with Gasteiger partial charge in [-0.15, -0.1) is 0 Å². The predicted octanol–water partition coefficient (Wildman–Crippen LogP) is 5.57. The van der Waals surface area contributed by atoms with Crippen LogP contribution in [0.1, 0.15) is 19.3 Å². The lowest BCUT2D eigenvalue weighted by molar-refractivity contribution is -0.342. The molecule has 1 aliphatic rings. The average Bonchev–Trinajstić information content (AvgIpc) is 2.96. The minimum Gasteiger partial charge on any atom is -0.338 e. The third kappa shape index (κ3) is 4.98. The third-order valence-electron chi connectivity index (χ3n) is 6.86. The van der Waals surface area contributed by atoms with Crippen molar-refractivity contribution in [2.24, 2.45) is 0 Å². The summed E-state index contributed by atoms with van der Waals surface area (Å²) in [4.78, 5) is 29.0. The Morgan fingerprint density at radius 2 is 0.975 bits per heavy atom. The second-order valence-electron chi connectivity index (χ2n) is 9.35. The average molecular weight is 583 g/mol. The maximum Gasteiger partial charge on any atom is 0.460 e. The van der Waals surface area contributed by atoms with Crippen LogP contribution in [-0.4, -0.2) is 53.0 Å². The topological polar surface area (TPSA) is 37.4 Å². The summed E-state index contributed by atoms with van der Waals surface area (Å²) >= 11 is 0. The lowest BCUT2D eigenvalue weighted by Gasteiger charge is -2.37. The van der Waals surface area contributed by atoms with Crippen molar-refractivity contribution in [2.45, 2.75) is 37.3 Å². The summed E-state index contributed by atoms with van der Waals surface area (Å²) in [5.74, 6) is -17.1. The molecule has 11 heteroatoms. The molecule has 1 aliphatic heterocycles. The van der Waals surface area contributed by atoms with Crippen molar-refractivity contribution >= 4 is 39.8 Å². The zero-order chi connectivity index (χ0) is 29.2. The number of likely N-dealkylation sites (tertiary alicyclic amines) is 1. The molecule has 4 rings (SSSR count). The molecule has 3 aromatic carbocycles. The second-order valence-corrected chi connectivity index (χ2v) is 12.7. The summed E-state index contributed by atoms with van der Waals surface area (Å²) in [6.45, 7) is -3.99. The Morgan fingerprint density at radius 1 is 0.600 bits per heavy atom. The standard InChI is InChI=1S/C29H25F7NO2P/c30-27(31,28(32,33)29(34,35)36)25(38)24(26(39)37-19-11-4-12-20-37)40(21-13-5-1-6-14-21,22-15-7-2-8-16-22)23-17-9-3-10-18-23/h1-3,5-10,13-18H,4,11-12,19-20H2. The molecule has 0 aromatic heterocycles. The largest absolute Gasteiger partial charge is 0.460 e. The molecular formula is C29H25F7NO2P. The summed E-state index contributed by atoms with van der Waals surface area (Å²) in [5.41, 5.74) is 0. The molecule has 1 amide bonds. The van der Waals surface area contributed by atoms with Crippen molar-refractivity contribution in [1.82, 2.24) is 4.90 Å². The van der Waals surface area contributed by atoms with Crippen LogP contribution in [0.15, 0.2) is 91.0 Å². The fourth-order valence-corrected chi connectivity index (χ4v) is 9.30. The molecule has 0 spiro atoms. The van der Waals surface area contributed by atoms with Crippen LogP contribution in [-0.2, 0) is 9.59 Å². The number of halogens is 7. The van der Waals surface area contributed by atoms with E-state index in [1.807, 2.05) is 0 Å². The molecule has 0 unspecified atom stereocenters. The normalized spacial score (nSPS) is 15.0. The van der Waals surface area contributed by atoms with E-state index in [1.54, 1.807) is 18.2 Å². The van der Waals surface area contributed by atoms with Crippen molar-refractivity contribution in [2.75, 3.05) is 13.1 Å². The Hall–Kier alpha value is -3.39. The first-order valence-corrected chi connectivity index (χ1v) is 14.3. The van der Waals surface area contributed by atoms with Crippen molar-refractivity contribution in [1.29, 1.82) is 0 Å². The Bertz CT molecular complexity index is 1300. The van der Waals surface area contributed by atoms with Gasteiger partial charge in [0, 0.05) is 13.1 Å². The fraction of sp³-hybridized carbons (Fsp3) is 0.276. The van der Waals surface area contributed by atoms with Gasteiger partial charge in [0.25, 0.3) is 5.91 Å². The van der Waals surface area contributed by atoms with E-state index in [1.165, 1.54) is 72.8 Å².